The zero-order chi connectivity index (χ0) is 19.3. The Kier molecular flexibility index (Phi) is 6.22. The average Bonchev–Trinajstić information content (AvgIpc) is 3.20. The molecule has 0 bridgehead atoms. The zero-order valence-corrected chi connectivity index (χ0v) is 16.9. The number of rotatable bonds is 4. The first-order valence-corrected chi connectivity index (χ1v) is 10.7. The fourth-order valence-corrected chi connectivity index (χ4v) is 4.50. The van der Waals surface area contributed by atoms with E-state index in [1.54, 1.807) is 6.07 Å². The van der Waals surface area contributed by atoms with Gasteiger partial charge >= 0.3 is 0 Å². The fourth-order valence-electron chi connectivity index (χ4n) is 4.50. The van der Waals surface area contributed by atoms with Crippen molar-refractivity contribution in [1.82, 2.24) is 15.1 Å². The molecule has 2 atom stereocenters. The molecule has 0 saturated carbocycles. The van der Waals surface area contributed by atoms with Crippen molar-refractivity contribution in [2.45, 2.75) is 31.9 Å². The summed E-state index contributed by atoms with van der Waals surface area (Å²) in [7, 11) is 0. The normalized spacial score (nSPS) is 26.4. The van der Waals surface area contributed by atoms with Gasteiger partial charge in [0.2, 0.25) is 0 Å². The van der Waals surface area contributed by atoms with Crippen LogP contribution in [0, 0.1) is 0 Å². The molecule has 3 aliphatic heterocycles. The second-order valence-electron chi connectivity index (χ2n) is 7.90. The zero-order valence-electron chi connectivity index (χ0n) is 16.9. The van der Waals surface area contributed by atoms with Crippen LogP contribution in [0.15, 0.2) is 29.3 Å². The number of phenolic OH excluding ortho intramolecular Hbond substituents is 1. The molecule has 0 aliphatic carbocycles. The van der Waals surface area contributed by atoms with E-state index in [0.29, 0.717) is 18.3 Å². The number of piperazine rings is 1. The molecule has 4 rings (SSSR count). The lowest BCUT2D eigenvalue weighted by atomic mass is 10.2. The predicted octanol–water partition coefficient (Wildman–Crippen LogP) is 1.34. The maximum absolute atomic E-state index is 10.1. The van der Waals surface area contributed by atoms with Crippen LogP contribution in [0.3, 0.4) is 0 Å². The highest BCUT2D eigenvalue weighted by molar-refractivity contribution is 5.80. The lowest BCUT2D eigenvalue weighted by molar-refractivity contribution is -0.0432. The number of benzene rings is 1. The summed E-state index contributed by atoms with van der Waals surface area (Å²) in [6.07, 6.45) is 2.78. The van der Waals surface area contributed by atoms with Crippen molar-refractivity contribution in [3.63, 3.8) is 0 Å². The number of ether oxygens (including phenoxy) is 1. The van der Waals surface area contributed by atoms with Crippen LogP contribution in [0.25, 0.3) is 0 Å². The van der Waals surface area contributed by atoms with Crippen molar-refractivity contribution in [3.05, 3.63) is 24.3 Å². The van der Waals surface area contributed by atoms with Crippen LogP contribution < -0.4 is 10.2 Å². The molecule has 0 amide bonds. The number of aromatic hydroxyl groups is 1. The third-order valence-electron chi connectivity index (χ3n) is 6.04. The molecule has 3 fully saturated rings. The molecule has 7 nitrogen and oxygen atoms in total. The summed E-state index contributed by atoms with van der Waals surface area (Å²) in [5, 5.41) is 13.5. The summed E-state index contributed by atoms with van der Waals surface area (Å²) >= 11 is 0. The average molecular weight is 388 g/mol. The molecule has 1 aromatic rings. The van der Waals surface area contributed by atoms with Crippen LogP contribution in [0.2, 0.25) is 0 Å². The van der Waals surface area contributed by atoms with Crippen LogP contribution in [-0.4, -0.2) is 92.0 Å². The molecule has 2 unspecified atom stereocenters. The number of morpholine rings is 1. The van der Waals surface area contributed by atoms with Gasteiger partial charge in [-0.1, -0.05) is 12.1 Å². The van der Waals surface area contributed by atoms with Crippen molar-refractivity contribution < 1.29 is 9.84 Å². The molecule has 154 valence electrons. The highest BCUT2D eigenvalue weighted by atomic mass is 16.5. The Morgan fingerprint density at radius 2 is 2.04 bits per heavy atom. The lowest BCUT2D eigenvalue weighted by Crippen LogP contribution is -2.53. The Morgan fingerprint density at radius 1 is 1.21 bits per heavy atom. The van der Waals surface area contributed by atoms with Crippen LogP contribution in [0.1, 0.15) is 19.8 Å². The quantitative estimate of drug-likeness (QED) is 0.601. The number of para-hydroxylation sites is 2. The van der Waals surface area contributed by atoms with Crippen LogP contribution in [0.4, 0.5) is 5.69 Å². The van der Waals surface area contributed by atoms with Crippen molar-refractivity contribution >= 4 is 11.6 Å². The lowest BCUT2D eigenvalue weighted by Gasteiger charge is -2.38. The van der Waals surface area contributed by atoms with Gasteiger partial charge in [-0.25, -0.2) is 0 Å². The van der Waals surface area contributed by atoms with Crippen molar-refractivity contribution in [3.8, 4) is 5.75 Å². The van der Waals surface area contributed by atoms with Gasteiger partial charge in [0.25, 0.3) is 0 Å². The summed E-state index contributed by atoms with van der Waals surface area (Å²) in [5.41, 5.74) is 0.917. The van der Waals surface area contributed by atoms with Crippen LogP contribution in [-0.2, 0) is 4.74 Å². The van der Waals surface area contributed by atoms with E-state index in [9.17, 15) is 5.11 Å². The summed E-state index contributed by atoms with van der Waals surface area (Å²) in [6, 6.07) is 8.21. The Morgan fingerprint density at radius 3 is 2.82 bits per heavy atom. The molecule has 1 aromatic carbocycles. The summed E-state index contributed by atoms with van der Waals surface area (Å²) in [6.45, 7) is 10.3. The van der Waals surface area contributed by atoms with E-state index in [-0.39, 0.29) is 6.10 Å². The first-order chi connectivity index (χ1) is 13.7. The largest absolute Gasteiger partial charge is 0.506 e. The maximum atomic E-state index is 10.1. The summed E-state index contributed by atoms with van der Waals surface area (Å²) in [4.78, 5) is 12.0. The minimum absolute atomic E-state index is 0.200. The highest BCUT2D eigenvalue weighted by Gasteiger charge is 2.32. The molecule has 2 N–H and O–H groups in total. The minimum Gasteiger partial charge on any atom is -0.506 e. The first-order valence-electron chi connectivity index (χ1n) is 10.7. The van der Waals surface area contributed by atoms with Gasteiger partial charge in [0.15, 0.2) is 5.96 Å². The Labute approximate surface area is 168 Å². The minimum atomic E-state index is 0.200. The number of aliphatic imine (C=N–C) groups is 1. The topological polar surface area (TPSA) is 63.6 Å². The molecule has 28 heavy (non-hydrogen) atoms. The Bertz CT molecular complexity index is 675. The van der Waals surface area contributed by atoms with Gasteiger partial charge in [0.1, 0.15) is 5.75 Å². The van der Waals surface area contributed by atoms with Crippen LogP contribution >= 0.6 is 0 Å². The van der Waals surface area contributed by atoms with E-state index in [1.165, 1.54) is 19.4 Å². The number of hydrogen-bond donors (Lipinski definition) is 2. The second-order valence-corrected chi connectivity index (χ2v) is 7.90. The van der Waals surface area contributed by atoms with E-state index in [2.05, 4.69) is 26.9 Å². The molecule has 7 heteroatoms. The number of anilines is 1. The van der Waals surface area contributed by atoms with Crippen LogP contribution in [0.5, 0.6) is 5.75 Å². The fraction of sp³-hybridized carbons (Fsp3) is 0.667. The Hall–Kier alpha value is -1.99. The maximum Gasteiger partial charge on any atom is 0.194 e. The molecule has 3 aliphatic rings. The standard InChI is InChI=1S/C21H33N5O2/c1-2-22-21(23-14-18-15-26-9-5-6-17(26)16-28-18)25-12-10-24(11-13-25)19-7-3-4-8-20(19)27/h3-4,7-8,17-18,27H,2,5-6,9-16H2,1H3,(H,22,23). The third-order valence-corrected chi connectivity index (χ3v) is 6.04. The summed E-state index contributed by atoms with van der Waals surface area (Å²) in [5.74, 6) is 1.33. The third kappa shape index (κ3) is 4.36. The highest BCUT2D eigenvalue weighted by Crippen LogP contribution is 2.27. The number of guanidine groups is 1. The van der Waals surface area contributed by atoms with Crippen molar-refractivity contribution in [2.24, 2.45) is 4.99 Å². The van der Waals surface area contributed by atoms with Crippen molar-refractivity contribution in [2.75, 3.05) is 63.9 Å². The SMILES string of the molecule is CCNC(=NCC1CN2CCCC2CO1)N1CCN(c2ccccc2O)CC1. The van der Waals surface area contributed by atoms with E-state index in [1.807, 2.05) is 18.2 Å². The van der Waals surface area contributed by atoms with Gasteiger partial charge in [-0.2, -0.15) is 0 Å². The molecule has 3 heterocycles. The van der Waals surface area contributed by atoms with E-state index in [4.69, 9.17) is 9.73 Å². The number of phenols is 1. The van der Waals surface area contributed by atoms with Crippen molar-refractivity contribution in [1.29, 1.82) is 0 Å². The van der Waals surface area contributed by atoms with Gasteiger partial charge < -0.3 is 25.0 Å². The molecule has 3 saturated heterocycles. The monoisotopic (exact) mass is 387 g/mol. The molecule has 0 spiro atoms. The number of hydrogen-bond acceptors (Lipinski definition) is 5. The Balaban J connectivity index is 1.33. The van der Waals surface area contributed by atoms with Gasteiger partial charge in [0.05, 0.1) is 24.9 Å². The van der Waals surface area contributed by atoms with E-state index >= 15 is 0 Å². The van der Waals surface area contributed by atoms with Gasteiger partial charge in [-0.05, 0) is 38.4 Å². The van der Waals surface area contributed by atoms with Gasteiger partial charge in [-0.15, -0.1) is 0 Å². The van der Waals surface area contributed by atoms with E-state index in [0.717, 1.165) is 57.5 Å². The second kappa shape index (κ2) is 9.01. The number of fused-ring (bicyclic) bond motifs is 1. The molecular formula is C21H33N5O2. The van der Waals surface area contributed by atoms with E-state index < -0.39 is 0 Å². The number of nitrogens with one attached hydrogen (secondary N) is 1. The predicted molar refractivity (Wildman–Crippen MR) is 112 cm³/mol. The first kappa shape index (κ1) is 19.3. The molecular weight excluding hydrogens is 354 g/mol. The van der Waals surface area contributed by atoms with Gasteiger partial charge in [-0.3, -0.25) is 9.89 Å². The molecule has 0 radical (unpaired) electrons. The number of nitrogens with zero attached hydrogens (tertiary/aromatic N) is 4. The summed E-state index contributed by atoms with van der Waals surface area (Å²) < 4.78 is 6.06. The smallest absolute Gasteiger partial charge is 0.194 e. The van der Waals surface area contributed by atoms with Gasteiger partial charge in [0, 0.05) is 45.3 Å². The molecule has 0 aromatic heterocycles.